The minimum absolute atomic E-state index is 0.378. The molecule has 0 aromatic carbocycles. The summed E-state index contributed by atoms with van der Waals surface area (Å²) in [4.78, 5) is 11.3. The van der Waals surface area contributed by atoms with Crippen molar-refractivity contribution in [2.45, 2.75) is 44.9 Å². The molecule has 1 saturated carbocycles. The second-order valence-electron chi connectivity index (χ2n) is 4.14. The summed E-state index contributed by atoms with van der Waals surface area (Å²) in [6.45, 7) is 0. The molecule has 1 unspecified atom stereocenters. The van der Waals surface area contributed by atoms with Crippen LogP contribution >= 0.6 is 0 Å². The topological polar surface area (TPSA) is 17.1 Å². The largest absolute Gasteiger partial charge is 0.295 e. The number of carbonyl (C=O) groups excluding carboxylic acids is 1. The third-order valence-corrected chi connectivity index (χ3v) is 3.02. The maximum atomic E-state index is 11.3. The third-order valence-electron chi connectivity index (χ3n) is 3.02. The molecule has 0 N–H and O–H groups in total. The van der Waals surface area contributed by atoms with Gasteiger partial charge in [0.1, 0.15) is 0 Å². The van der Waals surface area contributed by atoms with Gasteiger partial charge in [0.15, 0.2) is 5.78 Å². The highest BCUT2D eigenvalue weighted by molar-refractivity contribution is 5.91. The number of carbonyl (C=O) groups is 1. The number of ketones is 1. The van der Waals surface area contributed by atoms with Crippen molar-refractivity contribution in [1.29, 1.82) is 0 Å². The van der Waals surface area contributed by atoms with E-state index in [1.807, 2.05) is 6.08 Å². The average Bonchev–Trinajstić information content (AvgIpc) is 2.00. The Morgan fingerprint density at radius 1 is 1.17 bits per heavy atom. The van der Waals surface area contributed by atoms with E-state index in [1.54, 1.807) is 0 Å². The van der Waals surface area contributed by atoms with Gasteiger partial charge >= 0.3 is 0 Å². The lowest BCUT2D eigenvalue weighted by Crippen LogP contribution is -2.15. The van der Waals surface area contributed by atoms with Crippen molar-refractivity contribution in [2.24, 2.45) is 5.92 Å². The minimum Gasteiger partial charge on any atom is -0.295 e. The molecule has 1 atom stereocenters. The van der Waals surface area contributed by atoms with E-state index in [0.717, 1.165) is 6.42 Å². The van der Waals surface area contributed by atoms with Crippen LogP contribution in [0.3, 0.4) is 0 Å². The summed E-state index contributed by atoms with van der Waals surface area (Å²) in [6.07, 6.45) is 10.4. The summed E-state index contributed by atoms with van der Waals surface area (Å²) >= 11 is 0. The van der Waals surface area contributed by atoms with Gasteiger partial charge in [-0.2, -0.15) is 0 Å². The number of hydrogen-bond acceptors (Lipinski definition) is 1. The zero-order chi connectivity index (χ0) is 8.39. The van der Waals surface area contributed by atoms with Gasteiger partial charge in [0.2, 0.25) is 0 Å². The average molecular weight is 164 g/mol. The molecule has 0 radical (unpaired) electrons. The predicted molar refractivity (Wildman–Crippen MR) is 48.9 cm³/mol. The fourth-order valence-corrected chi connectivity index (χ4v) is 2.41. The van der Waals surface area contributed by atoms with Gasteiger partial charge in [0, 0.05) is 6.42 Å². The first-order valence-corrected chi connectivity index (χ1v) is 5.07. The highest BCUT2D eigenvalue weighted by atomic mass is 16.1. The second kappa shape index (κ2) is 3.42. The lowest BCUT2D eigenvalue weighted by molar-refractivity contribution is -0.116. The molecule has 2 bridgehead atoms. The molecule has 0 amide bonds. The van der Waals surface area contributed by atoms with Gasteiger partial charge in [-0.25, -0.2) is 0 Å². The molecule has 0 spiro atoms. The zero-order valence-electron chi connectivity index (χ0n) is 7.51. The molecule has 2 aliphatic carbocycles. The van der Waals surface area contributed by atoms with E-state index in [9.17, 15) is 4.79 Å². The first-order valence-electron chi connectivity index (χ1n) is 5.07. The van der Waals surface area contributed by atoms with Crippen LogP contribution < -0.4 is 0 Å². The molecule has 1 fully saturated rings. The molecular formula is C11H16O. The lowest BCUT2D eigenvalue weighted by atomic mass is 9.81. The molecule has 1 nitrogen and oxygen atoms in total. The van der Waals surface area contributed by atoms with E-state index >= 15 is 0 Å². The Morgan fingerprint density at radius 3 is 3.00 bits per heavy atom. The first-order chi connectivity index (χ1) is 5.84. The molecule has 12 heavy (non-hydrogen) atoms. The fraction of sp³-hybridized carbons (Fsp3) is 0.727. The molecule has 1 heteroatoms. The normalized spacial score (nSPS) is 30.5. The van der Waals surface area contributed by atoms with Gasteiger partial charge in [0.05, 0.1) is 0 Å². The standard InChI is InChI=1S/C11H16O/c12-11-7-9-4-2-1-3-5-10(6-9)8-11/h7,10H,1-6,8H2. The van der Waals surface area contributed by atoms with Gasteiger partial charge in [-0.1, -0.05) is 18.4 Å². The second-order valence-corrected chi connectivity index (χ2v) is 4.14. The van der Waals surface area contributed by atoms with Crippen molar-refractivity contribution < 1.29 is 4.79 Å². The van der Waals surface area contributed by atoms with Crippen molar-refractivity contribution in [3.8, 4) is 0 Å². The summed E-state index contributed by atoms with van der Waals surface area (Å²) in [7, 11) is 0. The molecule has 66 valence electrons. The van der Waals surface area contributed by atoms with Crippen LogP contribution in [-0.4, -0.2) is 5.78 Å². The van der Waals surface area contributed by atoms with Crippen molar-refractivity contribution in [3.63, 3.8) is 0 Å². The minimum atomic E-state index is 0.378. The van der Waals surface area contributed by atoms with Crippen molar-refractivity contribution in [2.75, 3.05) is 0 Å². The van der Waals surface area contributed by atoms with Crippen LogP contribution in [0.5, 0.6) is 0 Å². The van der Waals surface area contributed by atoms with Crippen LogP contribution in [-0.2, 0) is 4.79 Å². The number of allylic oxidation sites excluding steroid dienone is 2. The van der Waals surface area contributed by atoms with Crippen molar-refractivity contribution >= 4 is 5.78 Å². The maximum Gasteiger partial charge on any atom is 0.155 e. The van der Waals surface area contributed by atoms with E-state index in [2.05, 4.69) is 0 Å². The summed E-state index contributed by atoms with van der Waals surface area (Å²) in [5, 5.41) is 0. The van der Waals surface area contributed by atoms with Gasteiger partial charge < -0.3 is 0 Å². The molecule has 0 aliphatic heterocycles. The summed E-state index contributed by atoms with van der Waals surface area (Å²) < 4.78 is 0. The Hall–Kier alpha value is -0.590. The number of rotatable bonds is 0. The zero-order valence-corrected chi connectivity index (χ0v) is 7.51. The molecule has 0 heterocycles. The highest BCUT2D eigenvalue weighted by Gasteiger charge is 2.21. The fourth-order valence-electron chi connectivity index (χ4n) is 2.41. The van der Waals surface area contributed by atoms with Gasteiger partial charge in [-0.3, -0.25) is 4.79 Å². The molecule has 0 saturated heterocycles. The Kier molecular flexibility index (Phi) is 2.29. The first kappa shape index (κ1) is 8.03. The van der Waals surface area contributed by atoms with Crippen molar-refractivity contribution in [1.82, 2.24) is 0 Å². The van der Waals surface area contributed by atoms with E-state index in [1.165, 1.54) is 44.1 Å². The van der Waals surface area contributed by atoms with Crippen LogP contribution in [0, 0.1) is 5.92 Å². The number of fused-ring (bicyclic) bond motifs is 2. The Labute approximate surface area is 73.8 Å². The van der Waals surface area contributed by atoms with Crippen LogP contribution in [0.15, 0.2) is 11.6 Å². The molecular weight excluding hydrogens is 148 g/mol. The SMILES string of the molecule is O=C1C=C2CCCCCC(C1)C2. The Balaban J connectivity index is 2.11. The molecule has 2 rings (SSSR count). The van der Waals surface area contributed by atoms with Crippen molar-refractivity contribution in [3.05, 3.63) is 11.6 Å². The van der Waals surface area contributed by atoms with Gasteiger partial charge in [-0.15, -0.1) is 0 Å². The van der Waals surface area contributed by atoms with Crippen LogP contribution in [0.25, 0.3) is 0 Å². The van der Waals surface area contributed by atoms with Crippen LogP contribution in [0.2, 0.25) is 0 Å². The van der Waals surface area contributed by atoms with E-state index < -0.39 is 0 Å². The van der Waals surface area contributed by atoms with E-state index in [4.69, 9.17) is 0 Å². The lowest BCUT2D eigenvalue weighted by Gasteiger charge is -2.24. The third kappa shape index (κ3) is 1.77. The smallest absolute Gasteiger partial charge is 0.155 e. The quantitative estimate of drug-likeness (QED) is 0.538. The van der Waals surface area contributed by atoms with Crippen LogP contribution in [0.1, 0.15) is 44.9 Å². The molecule has 2 aliphatic rings. The summed E-state index contributed by atoms with van der Waals surface area (Å²) in [5.74, 6) is 1.07. The van der Waals surface area contributed by atoms with Gasteiger partial charge in [-0.05, 0) is 37.7 Å². The van der Waals surface area contributed by atoms with Crippen LogP contribution in [0.4, 0.5) is 0 Å². The summed E-state index contributed by atoms with van der Waals surface area (Å²) in [5.41, 5.74) is 1.43. The highest BCUT2D eigenvalue weighted by Crippen LogP contribution is 2.31. The Bertz CT molecular complexity index is 215. The van der Waals surface area contributed by atoms with Gasteiger partial charge in [0.25, 0.3) is 0 Å². The number of hydrogen-bond donors (Lipinski definition) is 0. The predicted octanol–water partition coefficient (Wildman–Crippen LogP) is 2.86. The molecule has 0 aromatic heterocycles. The van der Waals surface area contributed by atoms with E-state index in [0.29, 0.717) is 11.7 Å². The van der Waals surface area contributed by atoms with E-state index in [-0.39, 0.29) is 0 Å². The maximum absolute atomic E-state index is 11.3. The summed E-state index contributed by atoms with van der Waals surface area (Å²) in [6, 6.07) is 0. The Morgan fingerprint density at radius 2 is 2.08 bits per heavy atom. The molecule has 0 aromatic rings. The monoisotopic (exact) mass is 164 g/mol.